The van der Waals surface area contributed by atoms with Crippen LogP contribution >= 0.6 is 7.82 Å². The molecule has 0 fully saturated rings. The summed E-state index contributed by atoms with van der Waals surface area (Å²) in [6, 6.07) is 0. The van der Waals surface area contributed by atoms with E-state index < -0.39 is 32.5 Å². The van der Waals surface area contributed by atoms with Crippen LogP contribution in [0.1, 0.15) is 167 Å². The van der Waals surface area contributed by atoms with Gasteiger partial charge < -0.3 is 28.7 Å². The number of esters is 2. The summed E-state index contributed by atoms with van der Waals surface area (Å²) < 4.78 is 39.6. The number of aliphatic hydroxyl groups excluding tert-OH is 1. The van der Waals surface area contributed by atoms with Gasteiger partial charge in [-0.15, -0.1) is 0 Å². The molecule has 2 unspecified atom stereocenters. The number of rotatable bonds is 38. The Morgan fingerprint density at radius 3 is 1.70 bits per heavy atom. The second kappa shape index (κ2) is 33.1. The molecule has 1 aliphatic rings. The zero-order valence-corrected chi connectivity index (χ0v) is 36.9. The molecule has 0 amide bonds. The van der Waals surface area contributed by atoms with Crippen molar-refractivity contribution in [1.82, 2.24) is 0 Å². The van der Waals surface area contributed by atoms with E-state index in [1.807, 2.05) is 21.1 Å². The summed E-state index contributed by atoms with van der Waals surface area (Å²) in [5.41, 5.74) is 0.628. The Bertz CT molecular complexity index is 1270. The Morgan fingerprint density at radius 1 is 0.702 bits per heavy atom. The molecule has 1 aliphatic carbocycles. The van der Waals surface area contributed by atoms with E-state index in [1.54, 1.807) is 18.2 Å². The fourth-order valence-electron chi connectivity index (χ4n) is 6.26. The number of quaternary nitrogens is 1. The zero-order valence-electron chi connectivity index (χ0n) is 36.0. The van der Waals surface area contributed by atoms with Crippen molar-refractivity contribution in [3.63, 3.8) is 0 Å². The van der Waals surface area contributed by atoms with Crippen LogP contribution in [-0.2, 0) is 37.4 Å². The van der Waals surface area contributed by atoms with Crippen molar-refractivity contribution >= 4 is 19.8 Å². The van der Waals surface area contributed by atoms with Crippen LogP contribution < -0.4 is 0 Å². The Balaban J connectivity index is 2.28. The molecule has 0 bridgehead atoms. The molecule has 328 valence electrons. The maximum atomic E-state index is 12.7. The van der Waals surface area contributed by atoms with Gasteiger partial charge in [0, 0.05) is 18.9 Å². The largest absolute Gasteiger partial charge is 0.480 e. The van der Waals surface area contributed by atoms with Crippen molar-refractivity contribution in [2.24, 2.45) is 0 Å². The van der Waals surface area contributed by atoms with E-state index in [2.05, 4.69) is 11.9 Å². The smallest absolute Gasteiger partial charge is 0.472 e. The van der Waals surface area contributed by atoms with Crippen LogP contribution in [-0.4, -0.2) is 86.6 Å². The van der Waals surface area contributed by atoms with E-state index >= 15 is 0 Å². The summed E-state index contributed by atoms with van der Waals surface area (Å²) in [6.45, 7) is 2.41. The molecule has 14 heteroatoms. The number of diazo groups is 1. The maximum absolute atomic E-state index is 12.7. The first-order valence-corrected chi connectivity index (χ1v) is 23.4. The molecule has 2 atom stereocenters. The molecule has 0 aliphatic heterocycles. The first-order valence-electron chi connectivity index (χ1n) is 21.9. The Hall–Kier alpha value is -2.75. The molecule has 0 saturated carbocycles. The Morgan fingerprint density at radius 2 is 1.19 bits per heavy atom. The number of phosphoric ester groups is 1. The predicted molar refractivity (Wildman–Crippen MR) is 224 cm³/mol. The van der Waals surface area contributed by atoms with Gasteiger partial charge in [0.05, 0.1) is 34.4 Å². The molecule has 0 saturated heterocycles. The highest BCUT2D eigenvalue weighted by atomic mass is 31.2. The number of unbranched alkanes of at least 4 members (excludes halogenated alkanes) is 21. The number of phosphoric acid groups is 1. The van der Waals surface area contributed by atoms with E-state index in [1.165, 1.54) is 77.0 Å². The number of hydrogen-bond acceptors (Lipinski definition) is 10. The van der Waals surface area contributed by atoms with E-state index in [0.717, 1.165) is 64.2 Å². The topological polar surface area (TPSA) is 166 Å². The molecule has 0 spiro atoms. The molecule has 0 aromatic heterocycles. The van der Waals surface area contributed by atoms with Crippen LogP contribution in [0.3, 0.4) is 0 Å². The molecular formula is C43H78N3O10P+2. The molecule has 0 radical (unpaired) electrons. The van der Waals surface area contributed by atoms with Gasteiger partial charge in [-0.25, -0.2) is 4.57 Å². The van der Waals surface area contributed by atoms with Crippen molar-refractivity contribution < 1.29 is 51.9 Å². The lowest BCUT2D eigenvalue weighted by Gasteiger charge is -2.24. The number of nitrogens with zero attached hydrogens (tertiary/aromatic N) is 3. The first-order chi connectivity index (χ1) is 27.4. The molecule has 1 rings (SSSR count). The van der Waals surface area contributed by atoms with Crippen LogP contribution in [0.4, 0.5) is 0 Å². The number of allylic oxidation sites excluding steroid dienone is 3. The minimum atomic E-state index is -4.41. The minimum absolute atomic E-state index is 0.00722. The van der Waals surface area contributed by atoms with Gasteiger partial charge in [0.2, 0.25) is 5.39 Å². The van der Waals surface area contributed by atoms with Crippen LogP contribution in [0, 0.1) is 5.39 Å². The van der Waals surface area contributed by atoms with E-state index in [-0.39, 0.29) is 37.7 Å². The van der Waals surface area contributed by atoms with Crippen LogP contribution in [0.25, 0.3) is 4.98 Å². The van der Waals surface area contributed by atoms with Gasteiger partial charge in [-0.3, -0.25) is 18.6 Å². The average Bonchev–Trinajstić information content (AvgIpc) is 3.65. The zero-order chi connectivity index (χ0) is 42.0. The molecule has 0 aromatic rings. The number of hydrogen-bond donors (Lipinski definition) is 2. The first kappa shape index (κ1) is 52.3. The summed E-state index contributed by atoms with van der Waals surface area (Å²) >= 11 is 0. The van der Waals surface area contributed by atoms with E-state index in [4.69, 9.17) is 28.7 Å². The molecule has 0 heterocycles. The minimum Gasteiger partial charge on any atom is -0.480 e. The van der Waals surface area contributed by atoms with E-state index in [9.17, 15) is 24.2 Å². The lowest BCUT2D eigenvalue weighted by Crippen LogP contribution is -2.37. The van der Waals surface area contributed by atoms with Gasteiger partial charge in [-0.05, 0) is 25.3 Å². The van der Waals surface area contributed by atoms with Gasteiger partial charge in [0.25, 0.3) is 5.95 Å². The summed E-state index contributed by atoms with van der Waals surface area (Å²) in [6.07, 6.45) is 30.1. The summed E-state index contributed by atoms with van der Waals surface area (Å²) in [4.78, 5) is 38.5. The van der Waals surface area contributed by atoms with Crippen LogP contribution in [0.5, 0.6) is 0 Å². The fourth-order valence-corrected chi connectivity index (χ4v) is 7.00. The van der Waals surface area contributed by atoms with Gasteiger partial charge in [-0.1, -0.05) is 141 Å². The maximum Gasteiger partial charge on any atom is 0.472 e. The van der Waals surface area contributed by atoms with Crippen molar-refractivity contribution in [2.45, 2.75) is 174 Å². The molecule has 2 N–H and O–H groups in total. The second-order valence-electron chi connectivity index (χ2n) is 16.3. The highest BCUT2D eigenvalue weighted by Crippen LogP contribution is 2.43. The molecular weight excluding hydrogens is 749 g/mol. The number of aliphatic hydroxyl groups is 1. The van der Waals surface area contributed by atoms with Gasteiger partial charge >= 0.3 is 25.5 Å². The highest BCUT2D eigenvalue weighted by Gasteiger charge is 2.27. The third-order valence-electron chi connectivity index (χ3n) is 9.80. The normalized spacial score (nSPS) is 15.1. The van der Waals surface area contributed by atoms with Crippen molar-refractivity contribution in [3.8, 4) is 0 Å². The number of carbonyl (C=O) groups excluding carboxylic acids is 2. The number of ether oxygens (including phenoxy) is 3. The standard InChI is InChI=1S/C43H76N3O10P/c1-5-6-7-8-9-10-11-12-13-14-15-16-19-22-25-31-41(47)53-36-38(37-55-57(50,51)54-35-33-46(2,3)4)56-42(48)32-26-23-20-17-18-21-24-27-34-52-43(49)39-29-28-30-40(39)45-44/h28-30,38H,5-27,31-37H2,1-4H3/p+2/b43-39+. The molecule has 13 nitrogen and oxygen atoms in total. The highest BCUT2D eigenvalue weighted by molar-refractivity contribution is 7.47. The predicted octanol–water partition coefficient (Wildman–Crippen LogP) is 11.1. The monoisotopic (exact) mass is 828 g/mol. The van der Waals surface area contributed by atoms with Gasteiger partial charge in [0.15, 0.2) is 16.7 Å². The van der Waals surface area contributed by atoms with Crippen LogP contribution in [0.2, 0.25) is 0 Å². The Labute approximate surface area is 344 Å². The van der Waals surface area contributed by atoms with Gasteiger partial charge in [-0.2, -0.15) is 0 Å². The van der Waals surface area contributed by atoms with Crippen molar-refractivity contribution in [1.29, 1.82) is 5.39 Å². The van der Waals surface area contributed by atoms with E-state index in [0.29, 0.717) is 29.6 Å². The molecule has 57 heavy (non-hydrogen) atoms. The van der Waals surface area contributed by atoms with Gasteiger partial charge in [0.1, 0.15) is 19.8 Å². The SMILES string of the molecule is CCCCCCCCCCCCCCCCCC(=O)OCC(COP(=O)(O)OCC[N+](C)(C)C)OC(=O)CCCCCCCCCCO/C(O)=C1\C=CC=C1[N+]#N. The van der Waals surface area contributed by atoms with Crippen molar-refractivity contribution in [3.05, 3.63) is 40.4 Å². The average molecular weight is 828 g/mol. The summed E-state index contributed by atoms with van der Waals surface area (Å²) in [5.74, 6) is -1.13. The third-order valence-corrected chi connectivity index (χ3v) is 10.8. The summed E-state index contributed by atoms with van der Waals surface area (Å²) in [7, 11) is 1.39. The van der Waals surface area contributed by atoms with Crippen LogP contribution in [0.15, 0.2) is 35.4 Å². The second-order valence-corrected chi connectivity index (χ2v) is 17.7. The number of likely N-dealkylation sites (N-methyl/N-ethyl adjacent to an activating group) is 1. The fraction of sp³-hybridized carbons (Fsp3) is 0.814. The Kier molecular flexibility index (Phi) is 30.4. The molecule has 0 aromatic carbocycles. The van der Waals surface area contributed by atoms with Crippen molar-refractivity contribution in [2.75, 3.05) is 54.1 Å². The lowest BCUT2D eigenvalue weighted by molar-refractivity contribution is -0.870. The summed E-state index contributed by atoms with van der Waals surface area (Å²) in [5, 5.41) is 19.0. The quantitative estimate of drug-likeness (QED) is 0.0152. The third kappa shape index (κ3) is 30.9. The lowest BCUT2D eigenvalue weighted by atomic mass is 10.0. The number of carbonyl (C=O) groups is 2.